The summed E-state index contributed by atoms with van der Waals surface area (Å²) in [5, 5.41) is 3.10. The molecule has 2 aromatic rings. The van der Waals surface area contributed by atoms with Crippen LogP contribution >= 0.6 is 0 Å². The molecule has 2 amide bonds. The molecule has 0 spiro atoms. The second kappa shape index (κ2) is 6.54. The molecule has 2 fully saturated rings. The Morgan fingerprint density at radius 3 is 2.56 bits per heavy atom. The number of carbonyl (C=O) groups is 1. The molecule has 1 saturated heterocycles. The zero-order chi connectivity index (χ0) is 17.4. The first-order valence-electron chi connectivity index (χ1n) is 9.19. The molecule has 25 heavy (non-hydrogen) atoms. The maximum Gasteiger partial charge on any atom is 0.321 e. The maximum absolute atomic E-state index is 12.7. The van der Waals surface area contributed by atoms with E-state index in [1.54, 1.807) is 6.26 Å². The van der Waals surface area contributed by atoms with Crippen molar-refractivity contribution in [3.63, 3.8) is 0 Å². The van der Waals surface area contributed by atoms with Gasteiger partial charge in [0.05, 0.1) is 5.69 Å². The third-order valence-electron chi connectivity index (χ3n) is 5.61. The molecule has 1 aromatic heterocycles. The van der Waals surface area contributed by atoms with Crippen LogP contribution in [0.4, 0.5) is 10.5 Å². The van der Waals surface area contributed by atoms with Gasteiger partial charge in [-0.2, -0.15) is 0 Å². The minimum atomic E-state index is 0.0123. The summed E-state index contributed by atoms with van der Waals surface area (Å²) in [6.07, 6.45) is 6.80. The highest BCUT2D eigenvalue weighted by molar-refractivity contribution is 5.91. The highest BCUT2D eigenvalue weighted by Crippen LogP contribution is 2.36. The van der Waals surface area contributed by atoms with Gasteiger partial charge in [-0.3, -0.25) is 0 Å². The molecule has 2 heterocycles. The van der Waals surface area contributed by atoms with Crippen molar-refractivity contribution in [3.8, 4) is 11.5 Å². The number of amides is 2. The third kappa shape index (κ3) is 3.28. The fourth-order valence-electron chi connectivity index (χ4n) is 4.14. The summed E-state index contributed by atoms with van der Waals surface area (Å²) in [7, 11) is 0. The Morgan fingerprint density at radius 2 is 1.92 bits per heavy atom. The van der Waals surface area contributed by atoms with Crippen LogP contribution in [0.3, 0.4) is 0 Å². The maximum atomic E-state index is 12.7. The van der Waals surface area contributed by atoms with Crippen LogP contribution in [0.25, 0.3) is 11.5 Å². The first kappa shape index (κ1) is 16.2. The van der Waals surface area contributed by atoms with Crippen molar-refractivity contribution in [2.45, 2.75) is 39.5 Å². The number of aromatic nitrogens is 1. The Hall–Kier alpha value is -2.30. The largest absolute Gasteiger partial charge is 0.444 e. The van der Waals surface area contributed by atoms with E-state index < -0.39 is 0 Å². The molecule has 2 aliphatic rings. The number of carbonyl (C=O) groups excluding carboxylic acids is 1. The molecule has 0 radical (unpaired) electrons. The Balaban J connectivity index is 1.49. The average Bonchev–Trinajstić information content (AvgIpc) is 3.23. The second-order valence-electron chi connectivity index (χ2n) is 7.46. The average molecular weight is 339 g/mol. The zero-order valence-corrected chi connectivity index (χ0v) is 14.9. The fourth-order valence-corrected chi connectivity index (χ4v) is 4.14. The molecule has 5 heteroatoms. The number of hydrogen-bond acceptors (Lipinski definition) is 3. The highest BCUT2D eigenvalue weighted by Gasteiger charge is 2.36. The van der Waals surface area contributed by atoms with Gasteiger partial charge in [0.1, 0.15) is 6.26 Å². The normalized spacial score (nSPS) is 22.7. The van der Waals surface area contributed by atoms with Gasteiger partial charge < -0.3 is 14.6 Å². The van der Waals surface area contributed by atoms with Gasteiger partial charge in [-0.15, -0.1) is 0 Å². The number of benzene rings is 1. The standard InChI is InChI=1S/C20H25N3O2/c1-13-7-8-15(19-21-14(2)12-25-19)9-18(13)22-20(24)23-10-16-5-3-4-6-17(16)11-23/h7-9,12,16-17H,3-6,10-11H2,1-2H3,(H,22,24). The summed E-state index contributed by atoms with van der Waals surface area (Å²) < 4.78 is 5.48. The molecule has 5 nitrogen and oxygen atoms in total. The lowest BCUT2D eigenvalue weighted by molar-refractivity contribution is 0.220. The van der Waals surface area contributed by atoms with Crippen LogP contribution in [0.1, 0.15) is 36.9 Å². The van der Waals surface area contributed by atoms with Gasteiger partial charge in [-0.25, -0.2) is 9.78 Å². The lowest BCUT2D eigenvalue weighted by Gasteiger charge is -2.22. The quantitative estimate of drug-likeness (QED) is 0.869. The van der Waals surface area contributed by atoms with Crippen molar-refractivity contribution in [2.75, 3.05) is 18.4 Å². The van der Waals surface area contributed by atoms with E-state index in [1.165, 1.54) is 25.7 Å². The molecular weight excluding hydrogens is 314 g/mol. The molecule has 4 rings (SSSR count). The molecule has 1 aliphatic heterocycles. The molecule has 1 aromatic carbocycles. The number of likely N-dealkylation sites (tertiary alicyclic amines) is 1. The van der Waals surface area contributed by atoms with Gasteiger partial charge in [-0.1, -0.05) is 18.9 Å². The van der Waals surface area contributed by atoms with Crippen molar-refractivity contribution >= 4 is 11.7 Å². The smallest absolute Gasteiger partial charge is 0.321 e. The molecular formula is C20H25N3O2. The fraction of sp³-hybridized carbons (Fsp3) is 0.500. The Kier molecular flexibility index (Phi) is 4.24. The van der Waals surface area contributed by atoms with Crippen LogP contribution in [-0.4, -0.2) is 29.0 Å². The third-order valence-corrected chi connectivity index (χ3v) is 5.61. The van der Waals surface area contributed by atoms with Crippen molar-refractivity contribution < 1.29 is 9.21 Å². The van der Waals surface area contributed by atoms with E-state index in [0.717, 1.165) is 35.6 Å². The lowest BCUT2D eigenvalue weighted by Crippen LogP contribution is -2.33. The zero-order valence-electron chi connectivity index (χ0n) is 14.9. The van der Waals surface area contributed by atoms with E-state index in [9.17, 15) is 4.79 Å². The van der Waals surface area contributed by atoms with Gasteiger partial charge in [0.15, 0.2) is 0 Å². The topological polar surface area (TPSA) is 58.4 Å². The summed E-state index contributed by atoms with van der Waals surface area (Å²) in [4.78, 5) is 19.1. The number of urea groups is 1. The molecule has 132 valence electrons. The van der Waals surface area contributed by atoms with E-state index in [2.05, 4.69) is 10.3 Å². The SMILES string of the molecule is Cc1coc(-c2ccc(C)c(NC(=O)N3CC4CCCCC4C3)c2)n1. The summed E-state index contributed by atoms with van der Waals surface area (Å²) in [5.74, 6) is 1.98. The van der Waals surface area contributed by atoms with Crippen molar-refractivity contribution in [1.82, 2.24) is 9.88 Å². The number of nitrogens with zero attached hydrogens (tertiary/aromatic N) is 2. The lowest BCUT2D eigenvalue weighted by atomic mass is 9.82. The van der Waals surface area contributed by atoms with E-state index in [-0.39, 0.29) is 6.03 Å². The van der Waals surface area contributed by atoms with E-state index in [4.69, 9.17) is 4.42 Å². The van der Waals surface area contributed by atoms with Gasteiger partial charge >= 0.3 is 6.03 Å². The number of oxazole rings is 1. The molecule has 0 bridgehead atoms. The summed E-state index contributed by atoms with van der Waals surface area (Å²) in [6, 6.07) is 5.93. The first-order valence-corrected chi connectivity index (χ1v) is 9.19. The Labute approximate surface area is 148 Å². The van der Waals surface area contributed by atoms with Crippen LogP contribution < -0.4 is 5.32 Å². The number of fused-ring (bicyclic) bond motifs is 1. The van der Waals surface area contributed by atoms with Gasteiger partial charge in [0.25, 0.3) is 0 Å². The summed E-state index contributed by atoms with van der Waals surface area (Å²) in [5.41, 5.74) is 3.59. The minimum Gasteiger partial charge on any atom is -0.444 e. The number of aryl methyl sites for hydroxylation is 2. The molecule has 1 N–H and O–H groups in total. The van der Waals surface area contributed by atoms with Crippen LogP contribution in [0.2, 0.25) is 0 Å². The highest BCUT2D eigenvalue weighted by atomic mass is 16.3. The Morgan fingerprint density at radius 1 is 1.20 bits per heavy atom. The molecule has 2 unspecified atom stereocenters. The van der Waals surface area contributed by atoms with Crippen molar-refractivity contribution in [1.29, 1.82) is 0 Å². The molecule has 2 atom stereocenters. The number of nitrogens with one attached hydrogen (secondary N) is 1. The second-order valence-corrected chi connectivity index (χ2v) is 7.46. The van der Waals surface area contributed by atoms with E-state index in [1.807, 2.05) is 36.9 Å². The predicted molar refractivity (Wildman–Crippen MR) is 97.5 cm³/mol. The summed E-state index contributed by atoms with van der Waals surface area (Å²) >= 11 is 0. The minimum absolute atomic E-state index is 0.0123. The Bertz CT molecular complexity index is 769. The van der Waals surface area contributed by atoms with Crippen LogP contribution in [0.15, 0.2) is 28.9 Å². The van der Waals surface area contributed by atoms with Gasteiger partial charge in [-0.05, 0) is 56.2 Å². The number of anilines is 1. The van der Waals surface area contributed by atoms with Gasteiger partial charge in [0, 0.05) is 24.3 Å². The molecule has 1 aliphatic carbocycles. The number of rotatable bonds is 2. The van der Waals surface area contributed by atoms with Crippen LogP contribution in [0, 0.1) is 25.7 Å². The summed E-state index contributed by atoms with van der Waals surface area (Å²) in [6.45, 7) is 5.70. The van der Waals surface area contributed by atoms with Crippen LogP contribution in [-0.2, 0) is 0 Å². The van der Waals surface area contributed by atoms with Crippen LogP contribution in [0.5, 0.6) is 0 Å². The monoisotopic (exact) mass is 339 g/mol. The predicted octanol–water partition coefficient (Wildman–Crippen LogP) is 4.61. The first-order chi connectivity index (χ1) is 12.1. The van der Waals surface area contributed by atoms with Crippen molar-refractivity contribution in [2.24, 2.45) is 11.8 Å². The van der Waals surface area contributed by atoms with Gasteiger partial charge in [0.2, 0.25) is 5.89 Å². The van der Waals surface area contributed by atoms with E-state index in [0.29, 0.717) is 17.7 Å². The molecule has 1 saturated carbocycles. The van der Waals surface area contributed by atoms with Crippen molar-refractivity contribution in [3.05, 3.63) is 35.7 Å². The number of hydrogen-bond donors (Lipinski definition) is 1. The van der Waals surface area contributed by atoms with E-state index >= 15 is 0 Å².